The molecule has 0 saturated heterocycles. The summed E-state index contributed by atoms with van der Waals surface area (Å²) >= 11 is 0. The quantitative estimate of drug-likeness (QED) is 0.284. The number of hydrogen-bond acceptors (Lipinski definition) is 5. The average molecular weight is 398 g/mol. The van der Waals surface area contributed by atoms with Crippen molar-refractivity contribution in [3.63, 3.8) is 0 Å². The third-order valence-electron chi connectivity index (χ3n) is 5.70. The third-order valence-corrected chi connectivity index (χ3v) is 5.70. The van der Waals surface area contributed by atoms with Crippen LogP contribution < -0.4 is 10.9 Å². The zero-order valence-electron chi connectivity index (χ0n) is 15.9. The van der Waals surface area contributed by atoms with Crippen molar-refractivity contribution in [3.8, 4) is 0 Å². The fourth-order valence-electron chi connectivity index (χ4n) is 4.29. The maximum Gasteiger partial charge on any atom is 0.360 e. The lowest BCUT2D eigenvalue weighted by Crippen LogP contribution is -2.27. The highest BCUT2D eigenvalue weighted by Crippen LogP contribution is 2.45. The third kappa shape index (κ3) is 3.03. The molecule has 0 fully saturated rings. The van der Waals surface area contributed by atoms with E-state index in [2.05, 4.69) is 17.4 Å². The van der Waals surface area contributed by atoms with Crippen LogP contribution in [0.1, 0.15) is 35.1 Å². The molecule has 4 aromatic rings. The topological polar surface area (TPSA) is 85.4 Å². The second-order valence-corrected chi connectivity index (χ2v) is 7.42. The Balaban J connectivity index is 1.68. The van der Waals surface area contributed by atoms with Gasteiger partial charge in [-0.1, -0.05) is 60.7 Å². The van der Waals surface area contributed by atoms with E-state index < -0.39 is 10.5 Å². The highest BCUT2D eigenvalue weighted by atomic mass is 16.6. The van der Waals surface area contributed by atoms with Crippen molar-refractivity contribution in [3.05, 3.63) is 116 Å². The first-order valence-electron chi connectivity index (χ1n) is 9.73. The number of nitrogens with one attached hydrogen (secondary N) is 1. The normalized spacial score (nSPS) is 17.9. The smallest absolute Gasteiger partial charge is 0.360 e. The molecule has 2 heterocycles. The standard InChI is InChI=1S/C24H18N2O4/c27-24-23-22(18-8-4-5-9-21(18)30-24)19(15-6-2-1-3-7-15)14-20(25-23)16-10-12-17(13-11-16)26(28)29/h1-13,19-20,25H,14H2/t19-,20-/m1/s1. The lowest BCUT2D eigenvalue weighted by Gasteiger charge is -2.33. The van der Waals surface area contributed by atoms with Crippen LogP contribution in [0.4, 0.5) is 11.4 Å². The minimum Gasteiger partial charge on any atom is -0.421 e. The summed E-state index contributed by atoms with van der Waals surface area (Å²) in [6.45, 7) is 0. The lowest BCUT2D eigenvalue weighted by molar-refractivity contribution is -0.384. The molecule has 1 aromatic heterocycles. The van der Waals surface area contributed by atoms with Crippen LogP contribution in [0.2, 0.25) is 0 Å². The van der Waals surface area contributed by atoms with Crippen LogP contribution in [0.5, 0.6) is 0 Å². The minimum atomic E-state index is -0.416. The van der Waals surface area contributed by atoms with Crippen LogP contribution in [0.25, 0.3) is 11.0 Å². The Hall–Kier alpha value is -3.93. The molecule has 1 aliphatic rings. The van der Waals surface area contributed by atoms with Gasteiger partial charge >= 0.3 is 5.63 Å². The number of nitrogens with zero attached hydrogens (tertiary/aromatic N) is 1. The van der Waals surface area contributed by atoms with E-state index in [-0.39, 0.29) is 17.6 Å². The lowest BCUT2D eigenvalue weighted by atomic mass is 9.79. The van der Waals surface area contributed by atoms with Gasteiger partial charge in [0.05, 0.1) is 11.0 Å². The molecular formula is C24H18N2O4. The predicted molar refractivity (Wildman–Crippen MR) is 115 cm³/mol. The Morgan fingerprint density at radius 1 is 0.900 bits per heavy atom. The molecule has 5 rings (SSSR count). The van der Waals surface area contributed by atoms with Crippen molar-refractivity contribution in [2.24, 2.45) is 0 Å². The molecule has 0 saturated carbocycles. The molecule has 0 bridgehead atoms. The van der Waals surface area contributed by atoms with Crippen LogP contribution in [0.15, 0.2) is 88.1 Å². The molecule has 30 heavy (non-hydrogen) atoms. The number of hydrogen-bond donors (Lipinski definition) is 1. The molecule has 0 radical (unpaired) electrons. The van der Waals surface area contributed by atoms with Crippen LogP contribution >= 0.6 is 0 Å². The van der Waals surface area contributed by atoms with E-state index in [1.54, 1.807) is 12.1 Å². The number of nitro benzene ring substituents is 1. The summed E-state index contributed by atoms with van der Waals surface area (Å²) < 4.78 is 5.57. The van der Waals surface area contributed by atoms with E-state index in [0.717, 1.165) is 22.1 Å². The summed E-state index contributed by atoms with van der Waals surface area (Å²) in [5.74, 6) is -0.0170. The average Bonchev–Trinajstić information content (AvgIpc) is 2.79. The molecule has 1 N–H and O–H groups in total. The first-order valence-corrected chi connectivity index (χ1v) is 9.73. The number of para-hydroxylation sites is 1. The monoisotopic (exact) mass is 398 g/mol. The summed E-state index contributed by atoms with van der Waals surface area (Å²) in [7, 11) is 0. The Labute approximate surface area is 171 Å². The summed E-state index contributed by atoms with van der Waals surface area (Å²) in [4.78, 5) is 23.4. The molecule has 0 unspecified atom stereocenters. The van der Waals surface area contributed by atoms with Crippen LogP contribution in [-0.2, 0) is 0 Å². The molecule has 0 amide bonds. The number of nitro groups is 1. The number of non-ortho nitro benzene ring substituents is 1. The van der Waals surface area contributed by atoms with Gasteiger partial charge in [-0.15, -0.1) is 0 Å². The maximum atomic E-state index is 12.9. The SMILES string of the molecule is O=c1oc2ccccc2c2c1N[C@@H](c1ccc([N+](=O)[O-])cc1)C[C@@H]2c1ccccc1. The van der Waals surface area contributed by atoms with Crippen molar-refractivity contribution in [2.75, 3.05) is 5.32 Å². The first kappa shape index (κ1) is 18.1. The van der Waals surface area contributed by atoms with Crippen molar-refractivity contribution >= 4 is 22.3 Å². The van der Waals surface area contributed by atoms with Crippen molar-refractivity contribution in [1.82, 2.24) is 0 Å². The maximum absolute atomic E-state index is 12.9. The number of benzene rings is 3. The van der Waals surface area contributed by atoms with Gasteiger partial charge in [-0.2, -0.15) is 0 Å². The molecule has 2 atom stereocenters. The molecule has 1 aliphatic heterocycles. The zero-order valence-corrected chi connectivity index (χ0v) is 15.9. The van der Waals surface area contributed by atoms with Crippen LogP contribution in [0, 0.1) is 10.1 Å². The molecule has 3 aromatic carbocycles. The van der Waals surface area contributed by atoms with Gasteiger partial charge in [-0.25, -0.2) is 4.79 Å². The van der Waals surface area contributed by atoms with Gasteiger partial charge in [0.25, 0.3) is 5.69 Å². The fraction of sp³-hybridized carbons (Fsp3) is 0.125. The Kier molecular flexibility index (Phi) is 4.32. The number of fused-ring (bicyclic) bond motifs is 3. The van der Waals surface area contributed by atoms with Gasteiger partial charge in [-0.05, 0) is 23.6 Å². The Morgan fingerprint density at radius 3 is 2.33 bits per heavy atom. The summed E-state index contributed by atoms with van der Waals surface area (Å²) in [5.41, 5.74) is 3.60. The van der Waals surface area contributed by atoms with Crippen molar-refractivity contribution in [2.45, 2.75) is 18.4 Å². The van der Waals surface area contributed by atoms with E-state index in [4.69, 9.17) is 4.42 Å². The van der Waals surface area contributed by atoms with E-state index in [1.807, 2.05) is 42.5 Å². The Morgan fingerprint density at radius 2 is 1.60 bits per heavy atom. The van der Waals surface area contributed by atoms with Gasteiger partial charge in [0.15, 0.2) is 0 Å². The van der Waals surface area contributed by atoms with Gasteiger partial charge < -0.3 is 9.73 Å². The van der Waals surface area contributed by atoms with Gasteiger partial charge in [0, 0.05) is 29.0 Å². The number of anilines is 1. The minimum absolute atomic E-state index is 0.0170. The molecule has 6 heteroatoms. The molecule has 0 spiro atoms. The molecule has 6 nitrogen and oxygen atoms in total. The van der Waals surface area contributed by atoms with E-state index in [9.17, 15) is 14.9 Å². The van der Waals surface area contributed by atoms with E-state index in [1.165, 1.54) is 12.1 Å². The van der Waals surface area contributed by atoms with Crippen LogP contribution in [-0.4, -0.2) is 4.92 Å². The van der Waals surface area contributed by atoms with Crippen LogP contribution in [0.3, 0.4) is 0 Å². The fourth-order valence-corrected chi connectivity index (χ4v) is 4.29. The van der Waals surface area contributed by atoms with Gasteiger partial charge in [0.2, 0.25) is 0 Å². The van der Waals surface area contributed by atoms with Crippen molar-refractivity contribution in [1.29, 1.82) is 0 Å². The highest BCUT2D eigenvalue weighted by Gasteiger charge is 2.33. The van der Waals surface area contributed by atoms with E-state index >= 15 is 0 Å². The summed E-state index contributed by atoms with van der Waals surface area (Å²) in [6, 6.07) is 23.9. The van der Waals surface area contributed by atoms with E-state index in [0.29, 0.717) is 17.7 Å². The van der Waals surface area contributed by atoms with Gasteiger partial charge in [0.1, 0.15) is 11.3 Å². The van der Waals surface area contributed by atoms with Gasteiger partial charge in [-0.3, -0.25) is 10.1 Å². The first-order chi connectivity index (χ1) is 14.6. The predicted octanol–water partition coefficient (Wildman–Crippen LogP) is 5.39. The Bertz CT molecular complexity index is 1300. The molecule has 0 aliphatic carbocycles. The molecule has 148 valence electrons. The second kappa shape index (κ2) is 7.15. The number of rotatable bonds is 3. The molecular weight excluding hydrogens is 380 g/mol. The van der Waals surface area contributed by atoms with Crippen molar-refractivity contribution < 1.29 is 9.34 Å². The zero-order chi connectivity index (χ0) is 20.7. The summed E-state index contributed by atoms with van der Waals surface area (Å²) in [5, 5.41) is 15.3. The summed E-state index contributed by atoms with van der Waals surface area (Å²) in [6.07, 6.45) is 0.711. The second-order valence-electron chi connectivity index (χ2n) is 7.42. The highest BCUT2D eigenvalue weighted by molar-refractivity contribution is 5.86. The largest absolute Gasteiger partial charge is 0.421 e.